The quantitative estimate of drug-likeness (QED) is 0.749. The van der Waals surface area contributed by atoms with Gasteiger partial charge in [0.2, 0.25) is 5.92 Å². The Morgan fingerprint density at radius 1 is 1.46 bits per heavy atom. The van der Waals surface area contributed by atoms with E-state index >= 15 is 0 Å². The molecule has 0 heterocycles. The standard InChI is InChI=1S/C8H15F2NOS/c1-2-13(11,12)7-3-5-8(9,10)6-4-7/h7,11H,2-6H2,1H3. The molecule has 1 aliphatic rings. The second kappa shape index (κ2) is 3.52. The molecule has 1 saturated carbocycles. The zero-order valence-corrected chi connectivity index (χ0v) is 8.50. The molecule has 0 aromatic heterocycles. The topological polar surface area (TPSA) is 40.9 Å². The third kappa shape index (κ3) is 2.62. The van der Waals surface area contributed by atoms with Crippen molar-refractivity contribution in [3.63, 3.8) is 0 Å². The molecule has 0 bridgehead atoms. The Hall–Kier alpha value is -0.190. The monoisotopic (exact) mass is 211 g/mol. The van der Waals surface area contributed by atoms with E-state index in [0.717, 1.165) is 0 Å². The van der Waals surface area contributed by atoms with E-state index in [0.29, 0.717) is 0 Å². The SMILES string of the molecule is CCS(=N)(=O)C1CCC(F)(F)CC1. The molecule has 0 amide bonds. The lowest BCUT2D eigenvalue weighted by molar-refractivity contribution is -0.0327. The minimum absolute atomic E-state index is 0.201. The van der Waals surface area contributed by atoms with Crippen LogP contribution in [0.1, 0.15) is 32.6 Å². The molecule has 1 aliphatic carbocycles. The Labute approximate surface area is 77.7 Å². The van der Waals surface area contributed by atoms with Crippen molar-refractivity contribution in [2.45, 2.75) is 43.8 Å². The van der Waals surface area contributed by atoms with Crippen LogP contribution in [0.15, 0.2) is 0 Å². The van der Waals surface area contributed by atoms with Gasteiger partial charge >= 0.3 is 0 Å². The Kier molecular flexibility index (Phi) is 2.95. The van der Waals surface area contributed by atoms with Crippen molar-refractivity contribution >= 4 is 9.73 Å². The normalized spacial score (nSPS) is 28.2. The fourth-order valence-corrected chi connectivity index (χ4v) is 3.10. The molecule has 5 heteroatoms. The predicted molar refractivity (Wildman–Crippen MR) is 48.6 cm³/mol. The van der Waals surface area contributed by atoms with Crippen LogP contribution in [0.25, 0.3) is 0 Å². The van der Waals surface area contributed by atoms with Gasteiger partial charge in [0.1, 0.15) is 0 Å². The Morgan fingerprint density at radius 2 is 1.92 bits per heavy atom. The van der Waals surface area contributed by atoms with Crippen LogP contribution in [0.4, 0.5) is 8.78 Å². The van der Waals surface area contributed by atoms with Gasteiger partial charge in [-0.15, -0.1) is 0 Å². The van der Waals surface area contributed by atoms with Crippen molar-refractivity contribution in [2.75, 3.05) is 5.75 Å². The third-order valence-electron chi connectivity index (χ3n) is 2.63. The highest BCUT2D eigenvalue weighted by molar-refractivity contribution is 7.93. The van der Waals surface area contributed by atoms with Gasteiger partial charge in [-0.3, -0.25) is 4.78 Å². The number of halogens is 2. The minimum atomic E-state index is -2.60. The lowest BCUT2D eigenvalue weighted by Gasteiger charge is -2.28. The number of rotatable bonds is 2. The zero-order chi connectivity index (χ0) is 10.1. The van der Waals surface area contributed by atoms with Crippen LogP contribution in [-0.2, 0) is 9.73 Å². The summed E-state index contributed by atoms with van der Waals surface area (Å²) in [6.07, 6.45) is 0.0768. The van der Waals surface area contributed by atoms with E-state index in [4.69, 9.17) is 4.78 Å². The molecule has 0 aromatic carbocycles. The van der Waals surface area contributed by atoms with Gasteiger partial charge in [-0.1, -0.05) is 6.92 Å². The van der Waals surface area contributed by atoms with E-state index in [1.165, 1.54) is 0 Å². The predicted octanol–water partition coefficient (Wildman–Crippen LogP) is 2.63. The first-order valence-electron chi connectivity index (χ1n) is 4.50. The van der Waals surface area contributed by atoms with Gasteiger partial charge in [-0.05, 0) is 12.8 Å². The molecule has 0 radical (unpaired) electrons. The summed E-state index contributed by atoms with van der Waals surface area (Å²) in [6.45, 7) is 1.68. The molecule has 0 saturated heterocycles. The molecule has 1 rings (SSSR count). The van der Waals surface area contributed by atoms with E-state index in [2.05, 4.69) is 0 Å². The highest BCUT2D eigenvalue weighted by atomic mass is 32.2. The van der Waals surface area contributed by atoms with Crippen LogP contribution < -0.4 is 0 Å². The maximum absolute atomic E-state index is 12.7. The summed E-state index contributed by atoms with van der Waals surface area (Å²) in [5.41, 5.74) is 0. The number of hydrogen-bond acceptors (Lipinski definition) is 2. The first kappa shape index (κ1) is 10.9. The van der Waals surface area contributed by atoms with E-state index in [9.17, 15) is 13.0 Å². The van der Waals surface area contributed by atoms with Gasteiger partial charge < -0.3 is 0 Å². The Morgan fingerprint density at radius 3 is 2.31 bits per heavy atom. The highest BCUT2D eigenvalue weighted by Gasteiger charge is 2.37. The van der Waals surface area contributed by atoms with Gasteiger partial charge in [0.25, 0.3) is 0 Å². The third-order valence-corrected chi connectivity index (χ3v) is 5.04. The molecule has 13 heavy (non-hydrogen) atoms. The van der Waals surface area contributed by atoms with E-state index < -0.39 is 15.7 Å². The summed E-state index contributed by atoms with van der Waals surface area (Å²) < 4.78 is 44.5. The van der Waals surface area contributed by atoms with Gasteiger partial charge in [0.05, 0.1) is 0 Å². The highest BCUT2D eigenvalue weighted by Crippen LogP contribution is 2.35. The summed E-state index contributed by atoms with van der Waals surface area (Å²) in [4.78, 5) is 0. The smallest absolute Gasteiger partial charge is 0.248 e. The summed E-state index contributed by atoms with van der Waals surface area (Å²) in [6, 6.07) is 0. The summed E-state index contributed by atoms with van der Waals surface area (Å²) >= 11 is 0. The van der Waals surface area contributed by atoms with Crippen LogP contribution in [-0.4, -0.2) is 21.1 Å². The van der Waals surface area contributed by atoms with Gasteiger partial charge in [-0.25, -0.2) is 13.0 Å². The van der Waals surface area contributed by atoms with E-state index in [1.54, 1.807) is 6.92 Å². The first-order chi connectivity index (χ1) is 5.87. The average Bonchev–Trinajstić information content (AvgIpc) is 2.04. The zero-order valence-electron chi connectivity index (χ0n) is 7.69. The van der Waals surface area contributed by atoms with Crippen LogP contribution in [0.2, 0.25) is 0 Å². The molecule has 0 aliphatic heterocycles. The lowest BCUT2D eigenvalue weighted by Crippen LogP contribution is -2.32. The number of alkyl halides is 2. The molecule has 0 aromatic rings. The molecule has 78 valence electrons. The molecule has 0 spiro atoms. The maximum Gasteiger partial charge on any atom is 0.248 e. The molecule has 2 nitrogen and oxygen atoms in total. The first-order valence-corrected chi connectivity index (χ1v) is 6.29. The fraction of sp³-hybridized carbons (Fsp3) is 1.00. The minimum Gasteiger partial charge on any atom is -0.253 e. The second-order valence-corrected chi connectivity index (χ2v) is 6.27. The molecule has 1 atom stereocenters. The Bertz CT molecular complexity index is 264. The summed E-state index contributed by atoms with van der Waals surface area (Å²) in [7, 11) is -2.60. The van der Waals surface area contributed by atoms with E-state index in [1.807, 2.05) is 0 Å². The van der Waals surface area contributed by atoms with E-state index in [-0.39, 0.29) is 36.7 Å². The summed E-state index contributed by atoms with van der Waals surface area (Å²) in [5, 5.41) is -0.308. The summed E-state index contributed by atoms with van der Waals surface area (Å²) in [5.74, 6) is -2.30. The second-order valence-electron chi connectivity index (χ2n) is 3.57. The van der Waals surface area contributed by atoms with Crippen LogP contribution in [0.3, 0.4) is 0 Å². The van der Waals surface area contributed by atoms with Crippen molar-refractivity contribution in [3.8, 4) is 0 Å². The van der Waals surface area contributed by atoms with Crippen LogP contribution >= 0.6 is 0 Å². The largest absolute Gasteiger partial charge is 0.253 e. The van der Waals surface area contributed by atoms with Gasteiger partial charge in [0.15, 0.2) is 0 Å². The van der Waals surface area contributed by atoms with Crippen molar-refractivity contribution in [1.29, 1.82) is 4.78 Å². The Balaban J connectivity index is 2.61. The maximum atomic E-state index is 12.7. The van der Waals surface area contributed by atoms with Gasteiger partial charge in [0, 0.05) is 33.6 Å². The van der Waals surface area contributed by atoms with Crippen LogP contribution in [0, 0.1) is 4.78 Å². The number of nitrogens with one attached hydrogen (secondary N) is 1. The lowest BCUT2D eigenvalue weighted by atomic mass is 9.96. The molecular formula is C8H15F2NOS. The average molecular weight is 211 g/mol. The van der Waals surface area contributed by atoms with Crippen molar-refractivity contribution in [3.05, 3.63) is 0 Å². The number of hydrogen-bond donors (Lipinski definition) is 1. The molecule has 1 fully saturated rings. The molecular weight excluding hydrogens is 196 g/mol. The van der Waals surface area contributed by atoms with Crippen molar-refractivity contribution in [1.82, 2.24) is 0 Å². The fourth-order valence-electron chi connectivity index (χ4n) is 1.63. The molecule has 1 unspecified atom stereocenters. The van der Waals surface area contributed by atoms with Crippen molar-refractivity contribution in [2.24, 2.45) is 0 Å². The van der Waals surface area contributed by atoms with Crippen molar-refractivity contribution < 1.29 is 13.0 Å². The van der Waals surface area contributed by atoms with Crippen LogP contribution in [0.5, 0.6) is 0 Å². The van der Waals surface area contributed by atoms with Gasteiger partial charge in [-0.2, -0.15) is 0 Å². The molecule has 1 N–H and O–H groups in total.